The van der Waals surface area contributed by atoms with E-state index < -0.39 is 0 Å². The molecule has 37 heavy (non-hydrogen) atoms. The van der Waals surface area contributed by atoms with Crippen molar-refractivity contribution in [3.05, 3.63) is 76.4 Å². The van der Waals surface area contributed by atoms with Gasteiger partial charge in [0, 0.05) is 38.1 Å². The fraction of sp³-hybridized carbons (Fsp3) is 0.286. The first-order chi connectivity index (χ1) is 17.7. The normalized spacial score (nSPS) is 11.1. The van der Waals surface area contributed by atoms with Crippen molar-refractivity contribution in [2.45, 2.75) is 20.3 Å². The Morgan fingerprint density at radius 3 is 2.46 bits per heavy atom. The van der Waals surface area contributed by atoms with Crippen LogP contribution >= 0.6 is 11.3 Å². The Bertz CT molecular complexity index is 1400. The van der Waals surface area contributed by atoms with Crippen molar-refractivity contribution >= 4 is 39.2 Å². The van der Waals surface area contributed by atoms with Gasteiger partial charge in [0.2, 0.25) is 5.91 Å². The third kappa shape index (κ3) is 6.90. The summed E-state index contributed by atoms with van der Waals surface area (Å²) in [4.78, 5) is 38.5. The molecule has 9 heteroatoms. The van der Waals surface area contributed by atoms with Crippen LogP contribution in [0.1, 0.15) is 26.5 Å². The third-order valence-corrected chi connectivity index (χ3v) is 6.82. The molecule has 8 nitrogen and oxygen atoms in total. The molecule has 0 spiro atoms. The molecule has 0 radical (unpaired) electrons. The number of fused-ring (bicyclic) bond motifs is 1. The number of nitrogens with zero attached hydrogens (tertiary/aromatic N) is 4. The number of benzene rings is 1. The van der Waals surface area contributed by atoms with Crippen LogP contribution in [0.3, 0.4) is 0 Å². The molecular formula is C28H31N5O3S. The van der Waals surface area contributed by atoms with E-state index in [-0.39, 0.29) is 18.2 Å². The van der Waals surface area contributed by atoms with E-state index in [1.54, 1.807) is 24.2 Å². The zero-order valence-corrected chi connectivity index (χ0v) is 22.6. The maximum atomic E-state index is 12.9. The SMILES string of the molecule is Cc1cc(C)nc(NC(=O)Cc2ccc(Oc3ccnc4cc(C(=O)N(C)CCN(C)C)sc34)cc2)c1. The molecule has 192 valence electrons. The van der Waals surface area contributed by atoms with Crippen molar-refractivity contribution in [2.24, 2.45) is 0 Å². The predicted octanol–water partition coefficient (Wildman–Crippen LogP) is 4.92. The number of thiophene rings is 1. The van der Waals surface area contributed by atoms with Gasteiger partial charge < -0.3 is 19.9 Å². The smallest absolute Gasteiger partial charge is 0.263 e. The standard InChI is InChI=1S/C28H31N5O3S/c1-18-14-19(2)30-25(15-18)31-26(34)16-20-6-8-21(9-7-20)36-23-10-11-29-22-17-24(37-27(22)23)28(35)33(5)13-12-32(3)4/h6-11,14-15,17H,12-13,16H2,1-5H3,(H,30,31,34). The quantitative estimate of drug-likeness (QED) is 0.339. The number of anilines is 1. The second kappa shape index (κ2) is 11.5. The average Bonchev–Trinajstić information content (AvgIpc) is 3.28. The maximum Gasteiger partial charge on any atom is 0.263 e. The summed E-state index contributed by atoms with van der Waals surface area (Å²) >= 11 is 1.38. The summed E-state index contributed by atoms with van der Waals surface area (Å²) in [5.41, 5.74) is 3.49. The van der Waals surface area contributed by atoms with Crippen LogP contribution in [0, 0.1) is 13.8 Å². The van der Waals surface area contributed by atoms with E-state index in [4.69, 9.17) is 4.74 Å². The fourth-order valence-electron chi connectivity index (χ4n) is 3.82. The van der Waals surface area contributed by atoms with Crippen molar-refractivity contribution < 1.29 is 14.3 Å². The number of hydrogen-bond acceptors (Lipinski definition) is 7. The molecule has 0 fully saturated rings. The minimum Gasteiger partial charge on any atom is -0.456 e. The predicted molar refractivity (Wildman–Crippen MR) is 148 cm³/mol. The Balaban J connectivity index is 1.42. The lowest BCUT2D eigenvalue weighted by Crippen LogP contribution is -2.33. The molecule has 4 rings (SSSR count). The van der Waals surface area contributed by atoms with E-state index in [2.05, 4.69) is 15.3 Å². The topological polar surface area (TPSA) is 87.7 Å². The van der Waals surface area contributed by atoms with Crippen molar-refractivity contribution in [3.8, 4) is 11.5 Å². The number of carbonyl (C=O) groups excluding carboxylic acids is 2. The van der Waals surface area contributed by atoms with Gasteiger partial charge in [-0.25, -0.2) is 4.98 Å². The lowest BCUT2D eigenvalue weighted by atomic mass is 10.1. The molecule has 4 aromatic rings. The summed E-state index contributed by atoms with van der Waals surface area (Å²) in [7, 11) is 5.77. The summed E-state index contributed by atoms with van der Waals surface area (Å²) in [6.45, 7) is 5.30. The van der Waals surface area contributed by atoms with E-state index in [1.807, 2.05) is 75.3 Å². The number of carbonyl (C=O) groups is 2. The van der Waals surface area contributed by atoms with Gasteiger partial charge >= 0.3 is 0 Å². The summed E-state index contributed by atoms with van der Waals surface area (Å²) < 4.78 is 6.95. The zero-order valence-electron chi connectivity index (χ0n) is 21.7. The van der Waals surface area contributed by atoms with Gasteiger partial charge in [0.15, 0.2) is 0 Å². The van der Waals surface area contributed by atoms with Crippen LogP contribution in [0.15, 0.2) is 54.7 Å². The lowest BCUT2D eigenvalue weighted by Gasteiger charge is -2.18. The Morgan fingerprint density at radius 1 is 1.00 bits per heavy atom. The number of nitrogens with one attached hydrogen (secondary N) is 1. The summed E-state index contributed by atoms with van der Waals surface area (Å²) in [5, 5.41) is 2.86. The molecule has 1 aromatic carbocycles. The highest BCUT2D eigenvalue weighted by Crippen LogP contribution is 2.35. The number of rotatable bonds is 9. The summed E-state index contributed by atoms with van der Waals surface area (Å²) in [5.74, 6) is 1.66. The maximum absolute atomic E-state index is 12.9. The largest absolute Gasteiger partial charge is 0.456 e. The Labute approximate surface area is 220 Å². The molecule has 1 N–H and O–H groups in total. The van der Waals surface area contributed by atoms with Gasteiger partial charge in [0.05, 0.1) is 21.5 Å². The van der Waals surface area contributed by atoms with Crippen molar-refractivity contribution in [2.75, 3.05) is 39.5 Å². The van der Waals surface area contributed by atoms with Crippen LogP contribution in [0.5, 0.6) is 11.5 Å². The molecule has 0 aliphatic rings. The van der Waals surface area contributed by atoms with Gasteiger partial charge in [-0.05, 0) is 69.4 Å². The van der Waals surface area contributed by atoms with Gasteiger partial charge in [-0.15, -0.1) is 11.3 Å². The molecule has 0 unspecified atom stereocenters. The highest BCUT2D eigenvalue weighted by molar-refractivity contribution is 7.21. The van der Waals surface area contributed by atoms with Crippen molar-refractivity contribution in [3.63, 3.8) is 0 Å². The van der Waals surface area contributed by atoms with Crippen LogP contribution < -0.4 is 10.1 Å². The first kappa shape index (κ1) is 26.2. The van der Waals surface area contributed by atoms with Gasteiger partial charge in [-0.3, -0.25) is 14.6 Å². The van der Waals surface area contributed by atoms with E-state index >= 15 is 0 Å². The monoisotopic (exact) mass is 517 g/mol. The third-order valence-electron chi connectivity index (χ3n) is 5.70. The Hall–Kier alpha value is -3.82. The van der Waals surface area contributed by atoms with Crippen LogP contribution in [-0.4, -0.2) is 65.8 Å². The van der Waals surface area contributed by atoms with E-state index in [1.165, 1.54) is 11.3 Å². The summed E-state index contributed by atoms with van der Waals surface area (Å²) in [6, 6.07) is 14.8. The number of aryl methyl sites for hydroxylation is 2. The number of amides is 2. The zero-order chi connectivity index (χ0) is 26.5. The Kier molecular flexibility index (Phi) is 8.15. The highest BCUT2D eigenvalue weighted by atomic mass is 32.1. The van der Waals surface area contributed by atoms with E-state index in [0.29, 0.717) is 28.7 Å². The molecule has 0 aliphatic carbocycles. The highest BCUT2D eigenvalue weighted by Gasteiger charge is 2.18. The number of ether oxygens (including phenoxy) is 1. The van der Waals surface area contributed by atoms with Crippen LogP contribution in [0.2, 0.25) is 0 Å². The van der Waals surface area contributed by atoms with Crippen LogP contribution in [0.4, 0.5) is 5.82 Å². The molecule has 0 atom stereocenters. The molecule has 0 saturated carbocycles. The average molecular weight is 518 g/mol. The summed E-state index contributed by atoms with van der Waals surface area (Å²) in [6.07, 6.45) is 1.90. The number of likely N-dealkylation sites (N-methyl/N-ethyl adjacent to an activating group) is 2. The second-order valence-electron chi connectivity index (χ2n) is 9.31. The molecular weight excluding hydrogens is 486 g/mol. The van der Waals surface area contributed by atoms with Crippen molar-refractivity contribution in [1.82, 2.24) is 19.8 Å². The molecule has 0 aliphatic heterocycles. The van der Waals surface area contributed by atoms with E-state index in [0.717, 1.165) is 33.6 Å². The van der Waals surface area contributed by atoms with Gasteiger partial charge in [0.1, 0.15) is 17.3 Å². The number of aromatic nitrogens is 2. The molecule has 3 heterocycles. The first-order valence-corrected chi connectivity index (χ1v) is 12.8. The van der Waals surface area contributed by atoms with Gasteiger partial charge in [-0.1, -0.05) is 12.1 Å². The Morgan fingerprint density at radius 2 is 1.76 bits per heavy atom. The fourth-order valence-corrected chi connectivity index (χ4v) is 4.88. The molecule has 0 saturated heterocycles. The van der Waals surface area contributed by atoms with Crippen LogP contribution in [-0.2, 0) is 11.2 Å². The minimum atomic E-state index is -0.131. The molecule has 2 amide bonds. The van der Waals surface area contributed by atoms with Gasteiger partial charge in [-0.2, -0.15) is 0 Å². The second-order valence-corrected chi connectivity index (χ2v) is 10.4. The number of pyridine rings is 2. The molecule has 3 aromatic heterocycles. The minimum absolute atomic E-state index is 0.0329. The lowest BCUT2D eigenvalue weighted by molar-refractivity contribution is -0.115. The molecule has 0 bridgehead atoms. The van der Waals surface area contributed by atoms with Crippen LogP contribution in [0.25, 0.3) is 10.2 Å². The van der Waals surface area contributed by atoms with Gasteiger partial charge in [0.25, 0.3) is 5.91 Å². The number of hydrogen-bond donors (Lipinski definition) is 1. The van der Waals surface area contributed by atoms with E-state index in [9.17, 15) is 9.59 Å². The van der Waals surface area contributed by atoms with Crippen molar-refractivity contribution in [1.29, 1.82) is 0 Å². The first-order valence-electron chi connectivity index (χ1n) is 12.0.